The van der Waals surface area contributed by atoms with E-state index in [1.54, 1.807) is 12.1 Å². The maximum absolute atomic E-state index is 12.8. The van der Waals surface area contributed by atoms with Crippen LogP contribution < -0.4 is 10.6 Å². The van der Waals surface area contributed by atoms with Crippen LogP contribution >= 0.6 is 0 Å². The molecule has 0 aromatic heterocycles. The highest BCUT2D eigenvalue weighted by molar-refractivity contribution is 5.96. The fourth-order valence-electron chi connectivity index (χ4n) is 3.35. The third kappa shape index (κ3) is 5.03. The maximum atomic E-state index is 12.8. The zero-order chi connectivity index (χ0) is 21.5. The molecule has 0 aliphatic rings. The van der Waals surface area contributed by atoms with Crippen LogP contribution in [0.1, 0.15) is 53.8 Å². The van der Waals surface area contributed by atoms with Gasteiger partial charge < -0.3 is 10.6 Å². The molecule has 3 rings (SSSR count). The number of anilines is 1. The standard InChI is InChI=1S/C24H25N3O3/c1-3-21(19-12-8-5-9-13-19)26-24(28)20-14-15-22(23(16-20)27(29)30)25-17(2)18-10-6-4-7-11-18/h4-17,21,25H,3H2,1-2H3,(H,26,28)/t17-,21-/m1/s1. The molecule has 0 radical (unpaired) electrons. The highest BCUT2D eigenvalue weighted by atomic mass is 16.6. The molecule has 30 heavy (non-hydrogen) atoms. The summed E-state index contributed by atoms with van der Waals surface area (Å²) in [5.74, 6) is -0.337. The first-order valence-electron chi connectivity index (χ1n) is 9.95. The van der Waals surface area contributed by atoms with E-state index in [9.17, 15) is 14.9 Å². The minimum atomic E-state index is -0.467. The molecule has 0 fully saturated rings. The average Bonchev–Trinajstić information content (AvgIpc) is 2.78. The van der Waals surface area contributed by atoms with Gasteiger partial charge in [0.15, 0.2) is 0 Å². The Morgan fingerprint density at radius 3 is 2.13 bits per heavy atom. The number of nitro groups is 1. The second-order valence-corrected chi connectivity index (χ2v) is 7.11. The van der Waals surface area contributed by atoms with Gasteiger partial charge in [0.2, 0.25) is 0 Å². The van der Waals surface area contributed by atoms with Crippen molar-refractivity contribution in [1.82, 2.24) is 5.32 Å². The smallest absolute Gasteiger partial charge is 0.293 e. The van der Waals surface area contributed by atoms with Gasteiger partial charge in [-0.3, -0.25) is 14.9 Å². The van der Waals surface area contributed by atoms with Gasteiger partial charge in [-0.25, -0.2) is 0 Å². The minimum absolute atomic E-state index is 0.118. The van der Waals surface area contributed by atoms with Crippen LogP contribution in [0, 0.1) is 10.1 Å². The molecule has 3 aromatic rings. The normalized spacial score (nSPS) is 12.6. The summed E-state index contributed by atoms with van der Waals surface area (Å²) in [5, 5.41) is 17.8. The number of carbonyl (C=O) groups is 1. The first-order valence-corrected chi connectivity index (χ1v) is 9.95. The van der Waals surface area contributed by atoms with Crippen LogP contribution in [0.2, 0.25) is 0 Å². The van der Waals surface area contributed by atoms with E-state index < -0.39 is 4.92 Å². The Labute approximate surface area is 176 Å². The van der Waals surface area contributed by atoms with Crippen LogP contribution in [0.4, 0.5) is 11.4 Å². The van der Waals surface area contributed by atoms with Crippen LogP contribution in [0.5, 0.6) is 0 Å². The fraction of sp³-hybridized carbons (Fsp3) is 0.208. The number of nitro benzene ring substituents is 1. The molecular formula is C24H25N3O3. The Bertz CT molecular complexity index is 1010. The van der Waals surface area contributed by atoms with Crippen LogP contribution in [0.15, 0.2) is 78.9 Å². The number of benzene rings is 3. The van der Waals surface area contributed by atoms with E-state index >= 15 is 0 Å². The fourth-order valence-corrected chi connectivity index (χ4v) is 3.35. The molecule has 0 unspecified atom stereocenters. The minimum Gasteiger partial charge on any atom is -0.373 e. The van der Waals surface area contributed by atoms with E-state index in [2.05, 4.69) is 10.6 Å². The van der Waals surface area contributed by atoms with Crippen molar-refractivity contribution in [3.05, 3.63) is 106 Å². The molecule has 6 heteroatoms. The predicted octanol–water partition coefficient (Wildman–Crippen LogP) is 5.65. The molecule has 2 N–H and O–H groups in total. The van der Waals surface area contributed by atoms with E-state index in [-0.39, 0.29) is 29.2 Å². The monoisotopic (exact) mass is 403 g/mol. The van der Waals surface area contributed by atoms with Crippen LogP contribution in [-0.2, 0) is 0 Å². The molecule has 6 nitrogen and oxygen atoms in total. The van der Waals surface area contributed by atoms with Crippen molar-refractivity contribution >= 4 is 17.3 Å². The molecule has 0 aliphatic carbocycles. The van der Waals surface area contributed by atoms with E-state index in [1.807, 2.05) is 74.5 Å². The van der Waals surface area contributed by atoms with Gasteiger partial charge in [-0.05, 0) is 36.6 Å². The Kier molecular flexibility index (Phi) is 6.80. The number of amides is 1. The van der Waals surface area contributed by atoms with Gasteiger partial charge in [-0.15, -0.1) is 0 Å². The molecule has 0 saturated heterocycles. The third-order valence-electron chi connectivity index (χ3n) is 5.04. The number of hydrogen-bond acceptors (Lipinski definition) is 4. The van der Waals surface area contributed by atoms with Crippen molar-refractivity contribution in [3.8, 4) is 0 Å². The molecule has 154 valence electrons. The van der Waals surface area contributed by atoms with E-state index in [4.69, 9.17) is 0 Å². The van der Waals surface area contributed by atoms with Crippen LogP contribution in [-0.4, -0.2) is 10.8 Å². The Morgan fingerprint density at radius 1 is 0.967 bits per heavy atom. The van der Waals surface area contributed by atoms with Gasteiger partial charge in [-0.1, -0.05) is 67.6 Å². The summed E-state index contributed by atoms with van der Waals surface area (Å²) in [6.45, 7) is 3.92. The number of carbonyl (C=O) groups excluding carboxylic acids is 1. The lowest BCUT2D eigenvalue weighted by Crippen LogP contribution is -2.28. The van der Waals surface area contributed by atoms with Crippen molar-refractivity contribution in [1.29, 1.82) is 0 Å². The SMILES string of the molecule is CC[C@@H](NC(=O)c1ccc(N[C@H](C)c2ccccc2)c([N+](=O)[O-])c1)c1ccccc1. The summed E-state index contributed by atoms with van der Waals surface area (Å²) >= 11 is 0. The summed E-state index contributed by atoms with van der Waals surface area (Å²) in [7, 11) is 0. The molecule has 0 aliphatic heterocycles. The molecule has 0 spiro atoms. The summed E-state index contributed by atoms with van der Waals surface area (Å²) in [6, 6.07) is 23.6. The second-order valence-electron chi connectivity index (χ2n) is 7.11. The molecular weight excluding hydrogens is 378 g/mol. The van der Waals surface area contributed by atoms with Crippen LogP contribution in [0.3, 0.4) is 0 Å². The third-order valence-corrected chi connectivity index (χ3v) is 5.04. The van der Waals surface area contributed by atoms with Crippen molar-refractivity contribution in [2.24, 2.45) is 0 Å². The van der Waals surface area contributed by atoms with Gasteiger partial charge >= 0.3 is 0 Å². The summed E-state index contributed by atoms with van der Waals surface area (Å²) in [6.07, 6.45) is 0.714. The molecule has 0 saturated carbocycles. The van der Waals surface area contributed by atoms with Gasteiger partial charge in [0.1, 0.15) is 5.69 Å². The van der Waals surface area contributed by atoms with Gasteiger partial charge in [0.25, 0.3) is 11.6 Å². The quantitative estimate of drug-likeness (QED) is 0.376. The summed E-state index contributed by atoms with van der Waals surface area (Å²) < 4.78 is 0. The molecule has 3 aromatic carbocycles. The Balaban J connectivity index is 1.80. The molecule has 1 amide bonds. The molecule has 0 bridgehead atoms. The first kappa shape index (κ1) is 21.0. The first-order chi connectivity index (χ1) is 14.5. The zero-order valence-electron chi connectivity index (χ0n) is 17.0. The van der Waals surface area contributed by atoms with Crippen molar-refractivity contribution in [2.45, 2.75) is 32.4 Å². The maximum Gasteiger partial charge on any atom is 0.293 e. The predicted molar refractivity (Wildman–Crippen MR) is 119 cm³/mol. The number of nitrogens with one attached hydrogen (secondary N) is 2. The number of rotatable bonds is 8. The Morgan fingerprint density at radius 2 is 1.57 bits per heavy atom. The number of nitrogens with zero attached hydrogens (tertiary/aromatic N) is 1. The topological polar surface area (TPSA) is 84.3 Å². The van der Waals surface area contributed by atoms with Crippen molar-refractivity contribution in [2.75, 3.05) is 5.32 Å². The second kappa shape index (κ2) is 9.69. The number of hydrogen-bond donors (Lipinski definition) is 2. The summed E-state index contributed by atoms with van der Waals surface area (Å²) in [5.41, 5.74) is 2.52. The van der Waals surface area contributed by atoms with Crippen LogP contribution in [0.25, 0.3) is 0 Å². The van der Waals surface area contributed by atoms with Crippen molar-refractivity contribution in [3.63, 3.8) is 0 Å². The van der Waals surface area contributed by atoms with Gasteiger partial charge in [-0.2, -0.15) is 0 Å². The van der Waals surface area contributed by atoms with Crippen molar-refractivity contribution < 1.29 is 9.72 Å². The van der Waals surface area contributed by atoms with E-state index in [0.717, 1.165) is 11.1 Å². The lowest BCUT2D eigenvalue weighted by molar-refractivity contribution is -0.384. The van der Waals surface area contributed by atoms with Gasteiger partial charge in [0, 0.05) is 17.7 Å². The lowest BCUT2D eigenvalue weighted by Gasteiger charge is -2.18. The summed E-state index contributed by atoms with van der Waals surface area (Å²) in [4.78, 5) is 23.9. The highest BCUT2D eigenvalue weighted by Crippen LogP contribution is 2.29. The average molecular weight is 403 g/mol. The lowest BCUT2D eigenvalue weighted by atomic mass is 10.0. The molecule has 0 heterocycles. The van der Waals surface area contributed by atoms with E-state index in [1.165, 1.54) is 6.07 Å². The van der Waals surface area contributed by atoms with Gasteiger partial charge in [0.05, 0.1) is 11.0 Å². The zero-order valence-corrected chi connectivity index (χ0v) is 17.0. The van der Waals surface area contributed by atoms with E-state index in [0.29, 0.717) is 12.1 Å². The highest BCUT2D eigenvalue weighted by Gasteiger charge is 2.21. The molecule has 2 atom stereocenters. The largest absolute Gasteiger partial charge is 0.373 e. The Hall–Kier alpha value is -3.67.